The summed E-state index contributed by atoms with van der Waals surface area (Å²) in [6.45, 7) is 3.58. The number of rotatable bonds is 7. The number of hydrogen-bond donors (Lipinski definition) is 1. The number of unbranched alkanes of at least 4 members (excludes halogenated alkanes) is 1. The Balaban J connectivity index is 1.94. The van der Waals surface area contributed by atoms with Gasteiger partial charge >= 0.3 is 0 Å². The van der Waals surface area contributed by atoms with Crippen LogP contribution in [-0.2, 0) is 0 Å². The number of piperidine rings is 1. The van der Waals surface area contributed by atoms with Gasteiger partial charge in [-0.05, 0) is 58.8 Å². The highest BCUT2D eigenvalue weighted by molar-refractivity contribution is 6.17. The Kier molecular flexibility index (Phi) is 7.41. The molecular formula is C12H25ClN2. The molecule has 0 bridgehead atoms. The standard InChI is InChI=1S/C12H25ClN2/c1-15-11-5-2-6-12(15)7-10-14-9-4-3-8-13/h12,14H,2-11H2,1H3. The lowest BCUT2D eigenvalue weighted by atomic mass is 10.0. The molecule has 0 saturated carbocycles. The van der Waals surface area contributed by atoms with Crippen molar-refractivity contribution in [3.05, 3.63) is 0 Å². The SMILES string of the molecule is CN1CCCCC1CCNCCCCCl. The maximum Gasteiger partial charge on any atom is 0.0223 e. The van der Waals surface area contributed by atoms with Gasteiger partial charge in [0.05, 0.1) is 0 Å². The van der Waals surface area contributed by atoms with Crippen LogP contribution in [0.25, 0.3) is 0 Å². The average molecular weight is 233 g/mol. The quantitative estimate of drug-likeness (QED) is 0.536. The van der Waals surface area contributed by atoms with Gasteiger partial charge in [0.15, 0.2) is 0 Å². The second-order valence-electron chi connectivity index (χ2n) is 4.56. The van der Waals surface area contributed by atoms with E-state index >= 15 is 0 Å². The first kappa shape index (κ1) is 13.3. The number of hydrogen-bond acceptors (Lipinski definition) is 2. The highest BCUT2D eigenvalue weighted by Gasteiger charge is 2.17. The van der Waals surface area contributed by atoms with Crippen LogP contribution in [0.2, 0.25) is 0 Å². The first-order chi connectivity index (χ1) is 7.34. The van der Waals surface area contributed by atoms with Crippen molar-refractivity contribution in [3.63, 3.8) is 0 Å². The minimum Gasteiger partial charge on any atom is -0.317 e. The molecule has 90 valence electrons. The predicted molar refractivity (Wildman–Crippen MR) is 67.7 cm³/mol. The van der Waals surface area contributed by atoms with E-state index in [1.807, 2.05) is 0 Å². The second kappa shape index (κ2) is 8.37. The second-order valence-corrected chi connectivity index (χ2v) is 4.94. The zero-order valence-electron chi connectivity index (χ0n) is 9.97. The number of likely N-dealkylation sites (tertiary alicyclic amines) is 1. The summed E-state index contributed by atoms with van der Waals surface area (Å²) in [6.07, 6.45) is 7.84. The Morgan fingerprint density at radius 1 is 1.27 bits per heavy atom. The fraction of sp³-hybridized carbons (Fsp3) is 1.00. The molecule has 1 rings (SSSR count). The predicted octanol–water partition coefficient (Wildman–Crippen LogP) is 2.47. The van der Waals surface area contributed by atoms with Gasteiger partial charge in [-0.3, -0.25) is 0 Å². The van der Waals surface area contributed by atoms with Crippen molar-refractivity contribution in [1.82, 2.24) is 10.2 Å². The molecule has 1 N–H and O–H groups in total. The fourth-order valence-corrected chi connectivity index (χ4v) is 2.44. The Bertz CT molecular complexity index is 153. The first-order valence-electron chi connectivity index (χ1n) is 6.31. The van der Waals surface area contributed by atoms with Crippen molar-refractivity contribution < 1.29 is 0 Å². The molecule has 0 radical (unpaired) electrons. The van der Waals surface area contributed by atoms with Crippen LogP contribution in [0, 0.1) is 0 Å². The monoisotopic (exact) mass is 232 g/mol. The molecule has 15 heavy (non-hydrogen) atoms. The lowest BCUT2D eigenvalue weighted by Crippen LogP contribution is -2.38. The largest absolute Gasteiger partial charge is 0.317 e. The van der Waals surface area contributed by atoms with Crippen LogP contribution in [0.1, 0.15) is 38.5 Å². The van der Waals surface area contributed by atoms with Gasteiger partial charge in [-0.15, -0.1) is 11.6 Å². The van der Waals surface area contributed by atoms with Gasteiger partial charge in [0, 0.05) is 11.9 Å². The van der Waals surface area contributed by atoms with Crippen molar-refractivity contribution in [3.8, 4) is 0 Å². The van der Waals surface area contributed by atoms with E-state index in [0.717, 1.165) is 31.4 Å². The molecule has 1 unspecified atom stereocenters. The number of nitrogens with one attached hydrogen (secondary N) is 1. The summed E-state index contributed by atoms with van der Waals surface area (Å²) >= 11 is 5.62. The lowest BCUT2D eigenvalue weighted by molar-refractivity contribution is 0.175. The minimum absolute atomic E-state index is 0.799. The molecule has 1 atom stereocenters. The van der Waals surface area contributed by atoms with Crippen LogP contribution >= 0.6 is 11.6 Å². The molecule has 3 heteroatoms. The molecule has 0 spiro atoms. The third-order valence-electron chi connectivity index (χ3n) is 3.31. The molecule has 1 fully saturated rings. The van der Waals surface area contributed by atoms with Crippen molar-refractivity contribution in [1.29, 1.82) is 0 Å². The van der Waals surface area contributed by atoms with Gasteiger partial charge in [0.2, 0.25) is 0 Å². The van der Waals surface area contributed by atoms with E-state index in [1.165, 1.54) is 38.6 Å². The highest BCUT2D eigenvalue weighted by atomic mass is 35.5. The van der Waals surface area contributed by atoms with Gasteiger partial charge in [-0.1, -0.05) is 6.42 Å². The molecule has 1 heterocycles. The Hall–Kier alpha value is 0.210. The van der Waals surface area contributed by atoms with Crippen molar-refractivity contribution in [2.45, 2.75) is 44.6 Å². The average Bonchev–Trinajstić information content (AvgIpc) is 2.25. The van der Waals surface area contributed by atoms with Crippen LogP contribution in [0.3, 0.4) is 0 Å². The molecular weight excluding hydrogens is 208 g/mol. The summed E-state index contributed by atoms with van der Waals surface area (Å²) < 4.78 is 0. The maximum absolute atomic E-state index is 5.62. The normalized spacial score (nSPS) is 23.2. The molecule has 0 aromatic heterocycles. The Morgan fingerprint density at radius 3 is 2.87 bits per heavy atom. The molecule has 1 aliphatic heterocycles. The molecule has 0 aromatic rings. The van der Waals surface area contributed by atoms with E-state index in [9.17, 15) is 0 Å². The number of alkyl halides is 1. The number of nitrogens with zero attached hydrogens (tertiary/aromatic N) is 1. The van der Waals surface area contributed by atoms with Crippen molar-refractivity contribution >= 4 is 11.6 Å². The summed E-state index contributed by atoms with van der Waals surface area (Å²) in [5.41, 5.74) is 0. The van der Waals surface area contributed by atoms with E-state index in [0.29, 0.717) is 0 Å². The topological polar surface area (TPSA) is 15.3 Å². The third-order valence-corrected chi connectivity index (χ3v) is 3.58. The van der Waals surface area contributed by atoms with Crippen molar-refractivity contribution in [2.24, 2.45) is 0 Å². The van der Waals surface area contributed by atoms with Crippen LogP contribution in [-0.4, -0.2) is 43.5 Å². The summed E-state index contributed by atoms with van der Waals surface area (Å²) in [5.74, 6) is 0.799. The van der Waals surface area contributed by atoms with E-state index in [4.69, 9.17) is 11.6 Å². The van der Waals surface area contributed by atoms with Gasteiger partial charge in [0.25, 0.3) is 0 Å². The van der Waals surface area contributed by atoms with E-state index in [1.54, 1.807) is 0 Å². The number of halogens is 1. The van der Waals surface area contributed by atoms with E-state index < -0.39 is 0 Å². The molecule has 2 nitrogen and oxygen atoms in total. The summed E-state index contributed by atoms with van der Waals surface area (Å²) in [7, 11) is 2.26. The summed E-state index contributed by atoms with van der Waals surface area (Å²) in [6, 6.07) is 0.819. The van der Waals surface area contributed by atoms with E-state index in [2.05, 4.69) is 17.3 Å². The van der Waals surface area contributed by atoms with E-state index in [-0.39, 0.29) is 0 Å². The Labute approximate surface area is 99.4 Å². The smallest absolute Gasteiger partial charge is 0.0223 e. The molecule has 1 aliphatic rings. The van der Waals surface area contributed by atoms with Gasteiger partial charge < -0.3 is 10.2 Å². The summed E-state index contributed by atoms with van der Waals surface area (Å²) in [5, 5.41) is 3.50. The maximum atomic E-state index is 5.62. The first-order valence-corrected chi connectivity index (χ1v) is 6.85. The molecule has 0 aliphatic carbocycles. The molecule has 0 amide bonds. The van der Waals surface area contributed by atoms with Crippen LogP contribution in [0.5, 0.6) is 0 Å². The van der Waals surface area contributed by atoms with Gasteiger partial charge in [-0.25, -0.2) is 0 Å². The minimum atomic E-state index is 0.799. The van der Waals surface area contributed by atoms with Crippen LogP contribution in [0.15, 0.2) is 0 Å². The van der Waals surface area contributed by atoms with Crippen molar-refractivity contribution in [2.75, 3.05) is 32.6 Å². The van der Waals surface area contributed by atoms with Gasteiger partial charge in [-0.2, -0.15) is 0 Å². The highest BCUT2D eigenvalue weighted by Crippen LogP contribution is 2.16. The lowest BCUT2D eigenvalue weighted by Gasteiger charge is -2.32. The van der Waals surface area contributed by atoms with Crippen LogP contribution < -0.4 is 5.32 Å². The van der Waals surface area contributed by atoms with Crippen LogP contribution in [0.4, 0.5) is 0 Å². The zero-order valence-corrected chi connectivity index (χ0v) is 10.7. The molecule has 1 saturated heterocycles. The molecule has 0 aromatic carbocycles. The van der Waals surface area contributed by atoms with Gasteiger partial charge in [0.1, 0.15) is 0 Å². The summed E-state index contributed by atoms with van der Waals surface area (Å²) in [4.78, 5) is 2.52. The third kappa shape index (κ3) is 5.74. The zero-order chi connectivity index (χ0) is 10.9. The fourth-order valence-electron chi connectivity index (χ4n) is 2.25. The Morgan fingerprint density at radius 2 is 2.13 bits per heavy atom.